The van der Waals surface area contributed by atoms with E-state index in [1.54, 1.807) is 12.4 Å². The van der Waals surface area contributed by atoms with E-state index in [0.29, 0.717) is 5.56 Å². The maximum absolute atomic E-state index is 8.95. The molecule has 18 heavy (non-hydrogen) atoms. The van der Waals surface area contributed by atoms with Gasteiger partial charge in [0.1, 0.15) is 0 Å². The lowest BCUT2D eigenvalue weighted by Gasteiger charge is -2.00. The lowest BCUT2D eigenvalue weighted by Crippen LogP contribution is -1.87. The van der Waals surface area contributed by atoms with E-state index in [1.165, 1.54) is 11.1 Å². The van der Waals surface area contributed by atoms with Crippen LogP contribution in [0.4, 0.5) is 0 Å². The number of pyridine rings is 1. The standard InChI is InChI=1S/C15H11N3/c16-9-12-1-2-15-14(8-12)13(10-18-15)7-11-3-5-17-6-4-11/h1-6,8,10,18H,7H2. The van der Waals surface area contributed by atoms with Gasteiger partial charge < -0.3 is 4.98 Å². The number of fused-ring (bicyclic) bond motifs is 1. The van der Waals surface area contributed by atoms with Crippen LogP contribution in [0.2, 0.25) is 0 Å². The van der Waals surface area contributed by atoms with Crippen LogP contribution in [0, 0.1) is 11.3 Å². The van der Waals surface area contributed by atoms with Crippen LogP contribution in [0.5, 0.6) is 0 Å². The summed E-state index contributed by atoms with van der Waals surface area (Å²) in [7, 11) is 0. The Morgan fingerprint density at radius 3 is 2.78 bits per heavy atom. The summed E-state index contributed by atoms with van der Waals surface area (Å²) < 4.78 is 0. The first kappa shape index (κ1) is 10.5. The van der Waals surface area contributed by atoms with Crippen molar-refractivity contribution in [3.05, 3.63) is 65.6 Å². The van der Waals surface area contributed by atoms with Crippen LogP contribution in [0.25, 0.3) is 10.9 Å². The van der Waals surface area contributed by atoms with Gasteiger partial charge in [0.25, 0.3) is 0 Å². The Balaban J connectivity index is 2.05. The number of hydrogen-bond acceptors (Lipinski definition) is 2. The molecule has 0 fully saturated rings. The van der Waals surface area contributed by atoms with E-state index >= 15 is 0 Å². The Morgan fingerprint density at radius 1 is 1.17 bits per heavy atom. The van der Waals surface area contributed by atoms with Crippen molar-refractivity contribution in [2.24, 2.45) is 0 Å². The summed E-state index contributed by atoms with van der Waals surface area (Å²) in [5.74, 6) is 0. The maximum Gasteiger partial charge on any atom is 0.0991 e. The maximum atomic E-state index is 8.95. The predicted octanol–water partition coefficient (Wildman–Crippen LogP) is 3.03. The van der Waals surface area contributed by atoms with Gasteiger partial charge in [-0.2, -0.15) is 5.26 Å². The van der Waals surface area contributed by atoms with Crippen molar-refractivity contribution in [1.82, 2.24) is 9.97 Å². The van der Waals surface area contributed by atoms with Crippen molar-refractivity contribution in [2.45, 2.75) is 6.42 Å². The molecule has 3 aromatic rings. The minimum absolute atomic E-state index is 0.693. The van der Waals surface area contributed by atoms with Gasteiger partial charge in [-0.05, 0) is 47.9 Å². The molecule has 2 aromatic heterocycles. The smallest absolute Gasteiger partial charge is 0.0991 e. The summed E-state index contributed by atoms with van der Waals surface area (Å²) in [5.41, 5.74) is 4.18. The average molecular weight is 233 g/mol. The van der Waals surface area contributed by atoms with Crippen LogP contribution in [0.3, 0.4) is 0 Å². The zero-order valence-corrected chi connectivity index (χ0v) is 9.72. The third kappa shape index (κ3) is 1.85. The Kier molecular flexibility index (Phi) is 2.54. The van der Waals surface area contributed by atoms with Gasteiger partial charge >= 0.3 is 0 Å². The van der Waals surface area contributed by atoms with Gasteiger partial charge in [-0.25, -0.2) is 0 Å². The molecule has 3 nitrogen and oxygen atoms in total. The highest BCUT2D eigenvalue weighted by Crippen LogP contribution is 2.22. The number of nitriles is 1. The number of hydrogen-bond donors (Lipinski definition) is 1. The van der Waals surface area contributed by atoms with Gasteiger partial charge in [0.05, 0.1) is 11.6 Å². The zero-order chi connectivity index (χ0) is 12.4. The molecule has 2 heterocycles. The highest BCUT2D eigenvalue weighted by molar-refractivity contribution is 5.84. The molecule has 0 spiro atoms. The van der Waals surface area contributed by atoms with Crippen LogP contribution in [0.1, 0.15) is 16.7 Å². The van der Waals surface area contributed by atoms with Gasteiger partial charge in [-0.3, -0.25) is 4.98 Å². The molecule has 0 atom stereocenters. The van der Waals surface area contributed by atoms with Crippen LogP contribution >= 0.6 is 0 Å². The third-order valence-electron chi connectivity index (χ3n) is 3.04. The number of aromatic nitrogens is 2. The van der Waals surface area contributed by atoms with E-state index in [-0.39, 0.29) is 0 Å². The molecule has 1 aromatic carbocycles. The second kappa shape index (κ2) is 4.34. The molecule has 0 radical (unpaired) electrons. The lowest BCUT2D eigenvalue weighted by atomic mass is 10.0. The monoisotopic (exact) mass is 233 g/mol. The molecule has 0 aliphatic carbocycles. The molecule has 3 heteroatoms. The highest BCUT2D eigenvalue weighted by Gasteiger charge is 2.05. The quantitative estimate of drug-likeness (QED) is 0.739. The molecule has 3 rings (SSSR count). The fourth-order valence-corrected chi connectivity index (χ4v) is 2.11. The van der Waals surface area contributed by atoms with E-state index in [9.17, 15) is 0 Å². The fourth-order valence-electron chi connectivity index (χ4n) is 2.11. The van der Waals surface area contributed by atoms with Crippen LogP contribution in [-0.4, -0.2) is 9.97 Å². The summed E-state index contributed by atoms with van der Waals surface area (Å²) in [4.78, 5) is 7.25. The number of H-pyrrole nitrogens is 1. The molecular formula is C15H11N3. The number of nitrogens with one attached hydrogen (secondary N) is 1. The number of benzene rings is 1. The summed E-state index contributed by atoms with van der Waals surface area (Å²) >= 11 is 0. The van der Waals surface area contributed by atoms with Gasteiger partial charge in [0.15, 0.2) is 0 Å². The normalized spacial score (nSPS) is 10.4. The van der Waals surface area contributed by atoms with E-state index < -0.39 is 0 Å². The van der Waals surface area contributed by atoms with E-state index in [2.05, 4.69) is 16.0 Å². The second-order valence-corrected chi connectivity index (χ2v) is 4.22. The van der Waals surface area contributed by atoms with E-state index in [4.69, 9.17) is 5.26 Å². The molecule has 0 aliphatic heterocycles. The first-order chi connectivity index (χ1) is 8.86. The second-order valence-electron chi connectivity index (χ2n) is 4.22. The molecule has 0 bridgehead atoms. The SMILES string of the molecule is N#Cc1ccc2[nH]cc(Cc3ccncc3)c2c1. The Morgan fingerprint density at radius 2 is 2.00 bits per heavy atom. The summed E-state index contributed by atoms with van der Waals surface area (Å²) in [6.45, 7) is 0. The van der Waals surface area contributed by atoms with Gasteiger partial charge in [0.2, 0.25) is 0 Å². The van der Waals surface area contributed by atoms with Crippen molar-refractivity contribution < 1.29 is 0 Å². The van der Waals surface area contributed by atoms with Crippen molar-refractivity contribution in [3.8, 4) is 6.07 Å². The van der Waals surface area contributed by atoms with E-state index in [0.717, 1.165) is 17.3 Å². The molecule has 1 N–H and O–H groups in total. The van der Waals surface area contributed by atoms with Crippen LogP contribution < -0.4 is 0 Å². The van der Waals surface area contributed by atoms with Crippen molar-refractivity contribution in [1.29, 1.82) is 5.26 Å². The molecule has 86 valence electrons. The van der Waals surface area contributed by atoms with Crippen molar-refractivity contribution in [3.63, 3.8) is 0 Å². The van der Waals surface area contributed by atoms with Crippen LogP contribution in [-0.2, 0) is 6.42 Å². The number of nitrogens with zero attached hydrogens (tertiary/aromatic N) is 2. The van der Waals surface area contributed by atoms with Crippen molar-refractivity contribution in [2.75, 3.05) is 0 Å². The number of aromatic amines is 1. The molecule has 0 amide bonds. The number of rotatable bonds is 2. The van der Waals surface area contributed by atoms with Crippen molar-refractivity contribution >= 4 is 10.9 Å². The molecule has 0 aliphatic rings. The van der Waals surface area contributed by atoms with E-state index in [1.807, 2.05) is 36.5 Å². The fraction of sp³-hybridized carbons (Fsp3) is 0.0667. The largest absolute Gasteiger partial charge is 0.361 e. The topological polar surface area (TPSA) is 52.5 Å². The molecular weight excluding hydrogens is 222 g/mol. The third-order valence-corrected chi connectivity index (χ3v) is 3.04. The van der Waals surface area contributed by atoms with Crippen LogP contribution in [0.15, 0.2) is 48.9 Å². The Bertz CT molecular complexity index is 720. The zero-order valence-electron chi connectivity index (χ0n) is 9.72. The molecule has 0 saturated heterocycles. The highest BCUT2D eigenvalue weighted by atomic mass is 14.7. The Hall–Kier alpha value is -2.60. The lowest BCUT2D eigenvalue weighted by molar-refractivity contribution is 1.17. The first-order valence-electron chi connectivity index (χ1n) is 5.76. The molecule has 0 saturated carbocycles. The first-order valence-corrected chi connectivity index (χ1v) is 5.76. The molecule has 0 unspecified atom stereocenters. The summed E-state index contributed by atoms with van der Waals surface area (Å²) in [6, 6.07) is 11.9. The van der Waals surface area contributed by atoms with Gasteiger partial charge in [0, 0.05) is 29.5 Å². The Labute approximate surface area is 105 Å². The minimum atomic E-state index is 0.693. The predicted molar refractivity (Wildman–Crippen MR) is 70.1 cm³/mol. The average Bonchev–Trinajstić information content (AvgIpc) is 2.82. The van der Waals surface area contributed by atoms with Gasteiger partial charge in [-0.15, -0.1) is 0 Å². The van der Waals surface area contributed by atoms with Gasteiger partial charge in [-0.1, -0.05) is 0 Å². The summed E-state index contributed by atoms with van der Waals surface area (Å²) in [6.07, 6.45) is 6.44. The minimum Gasteiger partial charge on any atom is -0.361 e. The summed E-state index contributed by atoms with van der Waals surface area (Å²) in [5, 5.41) is 10.1.